The van der Waals surface area contributed by atoms with Crippen LogP contribution in [0.25, 0.3) is 0 Å². The molecule has 0 bridgehead atoms. The van der Waals surface area contributed by atoms with Gasteiger partial charge in [0.2, 0.25) is 0 Å². The fraction of sp³-hybridized carbons (Fsp3) is 1.00. The van der Waals surface area contributed by atoms with Gasteiger partial charge in [0, 0.05) is 0 Å². The summed E-state index contributed by atoms with van der Waals surface area (Å²) in [5.41, 5.74) is 0. The van der Waals surface area contributed by atoms with Crippen molar-refractivity contribution in [1.82, 2.24) is 5.32 Å². The van der Waals surface area contributed by atoms with Crippen LogP contribution in [0.1, 0.15) is 0 Å². The van der Waals surface area contributed by atoms with Gasteiger partial charge in [-0.15, -0.1) is 0 Å². The summed E-state index contributed by atoms with van der Waals surface area (Å²) in [6, 6.07) is 0. The molecule has 0 spiro atoms. The van der Waals surface area contributed by atoms with Crippen molar-refractivity contribution in [2.75, 3.05) is 24.6 Å². The van der Waals surface area contributed by atoms with E-state index in [9.17, 15) is 8.42 Å². The molecule has 12 heavy (non-hydrogen) atoms. The van der Waals surface area contributed by atoms with Crippen LogP contribution >= 0.6 is 0 Å². The van der Waals surface area contributed by atoms with Gasteiger partial charge in [0.25, 0.3) is 0 Å². The van der Waals surface area contributed by atoms with Gasteiger partial charge in [-0.1, -0.05) is 0 Å². The van der Waals surface area contributed by atoms with Crippen LogP contribution in [0.2, 0.25) is 0 Å². The van der Waals surface area contributed by atoms with Gasteiger partial charge < -0.3 is 5.32 Å². The van der Waals surface area contributed by atoms with Gasteiger partial charge in [0.1, 0.15) is 0 Å². The number of fused-ring (bicyclic) bond motifs is 4. The molecule has 4 atom stereocenters. The maximum atomic E-state index is 11.3. The predicted molar refractivity (Wildman–Crippen MR) is 45.5 cm³/mol. The Bertz CT molecular complexity index is 287. The zero-order chi connectivity index (χ0) is 8.34. The number of nitrogens with one attached hydrogen (secondary N) is 1. The standard InChI is InChI=1S/C8H13NO2S/c10-12(11)3-7-5-1-9-2-6(5)8(7)4-12/h5-9H,1-4H2/t5-,6-,7-,8+/m1/s1. The minimum absolute atomic E-state index is 0.473. The lowest BCUT2D eigenvalue weighted by Gasteiger charge is -2.43. The Balaban J connectivity index is 1.90. The normalized spacial score (nSPS) is 54.3. The molecule has 2 aliphatic heterocycles. The second kappa shape index (κ2) is 2.04. The van der Waals surface area contributed by atoms with E-state index in [-0.39, 0.29) is 0 Å². The number of sulfone groups is 1. The summed E-state index contributed by atoms with van der Waals surface area (Å²) in [6.45, 7) is 2.11. The van der Waals surface area contributed by atoms with E-state index in [1.54, 1.807) is 0 Å². The average molecular weight is 187 g/mol. The van der Waals surface area contributed by atoms with Crippen LogP contribution in [0.5, 0.6) is 0 Å². The molecule has 2 heterocycles. The molecule has 68 valence electrons. The molecule has 3 fully saturated rings. The Kier molecular flexibility index (Phi) is 1.25. The summed E-state index contributed by atoms with van der Waals surface area (Å²) in [6.07, 6.45) is 0. The summed E-state index contributed by atoms with van der Waals surface area (Å²) in [5.74, 6) is 3.34. The van der Waals surface area contributed by atoms with Crippen LogP contribution in [-0.4, -0.2) is 33.0 Å². The monoisotopic (exact) mass is 187 g/mol. The molecule has 1 N–H and O–H groups in total. The second-order valence-corrected chi connectivity index (χ2v) is 6.54. The molecular formula is C8H13NO2S. The molecule has 3 rings (SSSR count). The lowest BCUT2D eigenvalue weighted by atomic mass is 9.60. The first-order valence-corrected chi connectivity index (χ1v) is 6.41. The molecular weight excluding hydrogens is 174 g/mol. The SMILES string of the molecule is O=S1(=O)C[C@@H]2[C@@H]3CNC[C@H]3[C@@H]2C1. The minimum atomic E-state index is -2.65. The maximum Gasteiger partial charge on any atom is 0.150 e. The molecule has 3 nitrogen and oxygen atoms in total. The van der Waals surface area contributed by atoms with E-state index in [1.807, 2.05) is 0 Å². The van der Waals surface area contributed by atoms with Crippen LogP contribution in [0.4, 0.5) is 0 Å². The van der Waals surface area contributed by atoms with E-state index in [2.05, 4.69) is 5.32 Å². The number of hydrogen-bond acceptors (Lipinski definition) is 3. The summed E-state index contributed by atoms with van der Waals surface area (Å²) in [4.78, 5) is 0. The van der Waals surface area contributed by atoms with Crippen molar-refractivity contribution >= 4 is 9.84 Å². The number of hydrogen-bond donors (Lipinski definition) is 1. The summed E-state index contributed by atoms with van der Waals surface area (Å²) >= 11 is 0. The molecule has 0 amide bonds. The van der Waals surface area contributed by atoms with Crippen molar-refractivity contribution in [2.45, 2.75) is 0 Å². The molecule has 0 unspecified atom stereocenters. The van der Waals surface area contributed by atoms with E-state index in [0.717, 1.165) is 13.1 Å². The molecule has 0 aromatic heterocycles. The third kappa shape index (κ3) is 0.773. The van der Waals surface area contributed by atoms with E-state index < -0.39 is 9.84 Å². The van der Waals surface area contributed by atoms with Crippen molar-refractivity contribution in [3.8, 4) is 0 Å². The fourth-order valence-electron chi connectivity index (χ4n) is 3.30. The first kappa shape index (κ1) is 7.33. The Labute approximate surface area is 72.5 Å². The van der Waals surface area contributed by atoms with Crippen LogP contribution in [0.15, 0.2) is 0 Å². The smallest absolute Gasteiger partial charge is 0.150 e. The van der Waals surface area contributed by atoms with Gasteiger partial charge in [-0.25, -0.2) is 8.42 Å². The van der Waals surface area contributed by atoms with Crippen molar-refractivity contribution in [2.24, 2.45) is 23.7 Å². The molecule has 0 aromatic rings. The van der Waals surface area contributed by atoms with E-state index in [1.165, 1.54) is 0 Å². The van der Waals surface area contributed by atoms with E-state index in [0.29, 0.717) is 35.2 Å². The Hall–Kier alpha value is -0.0900. The van der Waals surface area contributed by atoms with Crippen LogP contribution in [-0.2, 0) is 9.84 Å². The first-order valence-electron chi connectivity index (χ1n) is 4.58. The van der Waals surface area contributed by atoms with Crippen LogP contribution in [0, 0.1) is 23.7 Å². The van der Waals surface area contributed by atoms with Gasteiger partial charge in [-0.05, 0) is 36.8 Å². The largest absolute Gasteiger partial charge is 0.316 e. The molecule has 2 saturated heterocycles. The van der Waals surface area contributed by atoms with Crippen LogP contribution in [0.3, 0.4) is 0 Å². The fourth-order valence-corrected chi connectivity index (χ4v) is 5.59. The van der Waals surface area contributed by atoms with E-state index >= 15 is 0 Å². The average Bonchev–Trinajstić information content (AvgIpc) is 2.49. The summed E-state index contributed by atoms with van der Waals surface area (Å²) in [7, 11) is -2.65. The lowest BCUT2D eigenvalue weighted by molar-refractivity contribution is 0.0629. The zero-order valence-electron chi connectivity index (χ0n) is 6.86. The molecule has 1 aliphatic carbocycles. The second-order valence-electron chi connectivity index (χ2n) is 4.39. The van der Waals surface area contributed by atoms with Crippen molar-refractivity contribution < 1.29 is 8.42 Å². The zero-order valence-corrected chi connectivity index (χ0v) is 7.68. The highest BCUT2D eigenvalue weighted by atomic mass is 32.2. The molecule has 3 aliphatic rings. The van der Waals surface area contributed by atoms with Gasteiger partial charge in [0.05, 0.1) is 11.5 Å². The quantitative estimate of drug-likeness (QED) is 0.556. The predicted octanol–water partition coefficient (Wildman–Crippen LogP) is -0.504. The van der Waals surface area contributed by atoms with Gasteiger partial charge in [0.15, 0.2) is 9.84 Å². The third-order valence-electron chi connectivity index (χ3n) is 3.85. The summed E-state index contributed by atoms with van der Waals surface area (Å²) < 4.78 is 22.6. The Morgan fingerprint density at radius 1 is 0.917 bits per heavy atom. The highest BCUT2D eigenvalue weighted by Gasteiger charge is 2.58. The first-order chi connectivity index (χ1) is 5.67. The molecule has 0 radical (unpaired) electrons. The highest BCUT2D eigenvalue weighted by Crippen LogP contribution is 2.52. The molecule has 1 saturated carbocycles. The van der Waals surface area contributed by atoms with Crippen LogP contribution < -0.4 is 5.32 Å². The van der Waals surface area contributed by atoms with Gasteiger partial charge in [-0.3, -0.25) is 0 Å². The summed E-state index contributed by atoms with van der Waals surface area (Å²) in [5, 5.41) is 3.35. The minimum Gasteiger partial charge on any atom is -0.316 e. The maximum absolute atomic E-state index is 11.3. The third-order valence-corrected chi connectivity index (χ3v) is 5.64. The highest BCUT2D eigenvalue weighted by molar-refractivity contribution is 7.91. The Morgan fingerprint density at radius 3 is 1.92 bits per heavy atom. The van der Waals surface area contributed by atoms with Crippen molar-refractivity contribution in [1.29, 1.82) is 0 Å². The van der Waals surface area contributed by atoms with Crippen molar-refractivity contribution in [3.05, 3.63) is 0 Å². The topological polar surface area (TPSA) is 46.2 Å². The van der Waals surface area contributed by atoms with Crippen molar-refractivity contribution in [3.63, 3.8) is 0 Å². The molecule has 4 heteroatoms. The Morgan fingerprint density at radius 2 is 1.42 bits per heavy atom. The molecule has 0 aromatic carbocycles. The van der Waals surface area contributed by atoms with Gasteiger partial charge >= 0.3 is 0 Å². The number of rotatable bonds is 0. The van der Waals surface area contributed by atoms with E-state index in [4.69, 9.17) is 0 Å². The lowest BCUT2D eigenvalue weighted by Crippen LogP contribution is -2.44. The van der Waals surface area contributed by atoms with Gasteiger partial charge in [-0.2, -0.15) is 0 Å².